The van der Waals surface area contributed by atoms with Gasteiger partial charge in [0.15, 0.2) is 0 Å². The number of esters is 1. The van der Waals surface area contributed by atoms with Gasteiger partial charge in [-0.1, -0.05) is 18.5 Å². The zero-order valence-corrected chi connectivity index (χ0v) is 21.6. The number of carbonyl (C=O) groups excluding carboxylic acids is 3. The Kier molecular flexibility index (Phi) is 9.02. The van der Waals surface area contributed by atoms with Gasteiger partial charge in [0, 0.05) is 10.6 Å². The third-order valence-corrected chi connectivity index (χ3v) is 7.13. The maximum Gasteiger partial charge on any atom is 0.417 e. The average molecular weight is 546 g/mol. The zero-order chi connectivity index (χ0) is 26.6. The van der Waals surface area contributed by atoms with Crippen molar-refractivity contribution < 1.29 is 32.3 Å². The summed E-state index contributed by atoms with van der Waals surface area (Å²) in [7, 11) is 1.52. The fraction of sp³-hybridized carbons (Fsp3) is 0.458. The Bertz CT molecular complexity index is 1150. The molecule has 2 N–H and O–H groups in total. The van der Waals surface area contributed by atoms with E-state index in [4.69, 9.17) is 16.3 Å². The number of nitrogens with zero attached hydrogens (tertiary/aromatic N) is 1. The SMILES string of the molecule is CCOC(=O)c1c(NC(=O)CN(C)CC(=O)Nc2ccc(Cl)c(C(F)(F)F)c2)sc2c1CC[C@H](C)C2. The number of thiophene rings is 1. The van der Waals surface area contributed by atoms with Gasteiger partial charge in [-0.3, -0.25) is 14.5 Å². The number of benzene rings is 1. The lowest BCUT2D eigenvalue weighted by Gasteiger charge is -2.18. The predicted octanol–water partition coefficient (Wildman–Crippen LogP) is 5.23. The Morgan fingerprint density at radius 3 is 2.50 bits per heavy atom. The summed E-state index contributed by atoms with van der Waals surface area (Å²) in [4.78, 5) is 40.1. The van der Waals surface area contributed by atoms with Crippen molar-refractivity contribution >= 4 is 51.4 Å². The van der Waals surface area contributed by atoms with Crippen molar-refractivity contribution in [3.05, 3.63) is 44.8 Å². The molecular formula is C24H27ClF3N3O4S. The van der Waals surface area contributed by atoms with E-state index >= 15 is 0 Å². The van der Waals surface area contributed by atoms with Crippen LogP contribution in [0.15, 0.2) is 18.2 Å². The van der Waals surface area contributed by atoms with E-state index in [0.29, 0.717) is 16.5 Å². The number of rotatable bonds is 8. The van der Waals surface area contributed by atoms with Gasteiger partial charge in [-0.15, -0.1) is 11.3 Å². The first-order valence-electron chi connectivity index (χ1n) is 11.4. The Hall–Kier alpha value is -2.63. The van der Waals surface area contributed by atoms with Crippen LogP contribution in [0.5, 0.6) is 0 Å². The average Bonchev–Trinajstić information content (AvgIpc) is 3.10. The molecule has 1 aromatic heterocycles. The summed E-state index contributed by atoms with van der Waals surface area (Å²) in [6.07, 6.45) is -2.16. The molecule has 1 aliphatic carbocycles. The lowest BCUT2D eigenvalue weighted by atomic mass is 9.88. The van der Waals surface area contributed by atoms with Crippen molar-refractivity contribution in [2.75, 3.05) is 37.4 Å². The summed E-state index contributed by atoms with van der Waals surface area (Å²) >= 11 is 6.96. The second-order valence-electron chi connectivity index (χ2n) is 8.74. The Labute approximate surface area is 215 Å². The van der Waals surface area contributed by atoms with Gasteiger partial charge in [0.25, 0.3) is 0 Å². The van der Waals surface area contributed by atoms with Crippen LogP contribution in [0.25, 0.3) is 0 Å². The third kappa shape index (κ3) is 6.98. The Balaban J connectivity index is 1.63. The lowest BCUT2D eigenvalue weighted by Crippen LogP contribution is -2.36. The standard InChI is InChI=1S/C24H27ClF3N3O4S/c1-4-35-23(34)21-15-7-5-13(2)9-18(15)36-22(21)30-20(33)12-31(3)11-19(32)29-14-6-8-17(25)16(10-14)24(26,27)28/h6,8,10,13H,4-5,7,9,11-12H2,1-3H3,(H,29,32)(H,30,33)/t13-/m0/s1. The van der Waals surface area contributed by atoms with Gasteiger partial charge in [-0.05, 0) is 62.9 Å². The van der Waals surface area contributed by atoms with E-state index in [1.165, 1.54) is 29.4 Å². The van der Waals surface area contributed by atoms with E-state index in [0.717, 1.165) is 41.8 Å². The van der Waals surface area contributed by atoms with Gasteiger partial charge >= 0.3 is 12.1 Å². The number of nitrogens with one attached hydrogen (secondary N) is 2. The van der Waals surface area contributed by atoms with Crippen LogP contribution in [0.3, 0.4) is 0 Å². The molecule has 2 amide bonds. The highest BCUT2D eigenvalue weighted by molar-refractivity contribution is 7.17. The first-order valence-corrected chi connectivity index (χ1v) is 12.5. The molecule has 2 aromatic rings. The minimum Gasteiger partial charge on any atom is -0.462 e. The number of carbonyl (C=O) groups is 3. The maximum absolute atomic E-state index is 13.0. The second-order valence-corrected chi connectivity index (χ2v) is 10.2. The normalized spacial score (nSPS) is 15.4. The van der Waals surface area contributed by atoms with Gasteiger partial charge < -0.3 is 15.4 Å². The molecule has 1 aromatic carbocycles. The van der Waals surface area contributed by atoms with Gasteiger partial charge in [0.2, 0.25) is 11.8 Å². The van der Waals surface area contributed by atoms with Crippen LogP contribution in [0, 0.1) is 5.92 Å². The predicted molar refractivity (Wildman–Crippen MR) is 133 cm³/mol. The van der Waals surface area contributed by atoms with Crippen LogP contribution in [-0.2, 0) is 33.3 Å². The lowest BCUT2D eigenvalue weighted by molar-refractivity contribution is -0.137. The molecule has 0 bridgehead atoms. The molecule has 1 atom stereocenters. The number of likely N-dealkylation sites (N-methyl/N-ethyl adjacent to an activating group) is 1. The van der Waals surface area contributed by atoms with Gasteiger partial charge in [0.1, 0.15) is 5.00 Å². The van der Waals surface area contributed by atoms with Crippen LogP contribution < -0.4 is 10.6 Å². The summed E-state index contributed by atoms with van der Waals surface area (Å²) < 4.78 is 44.3. The van der Waals surface area contributed by atoms with Crippen molar-refractivity contribution in [2.24, 2.45) is 5.92 Å². The first kappa shape index (κ1) is 27.9. The van der Waals surface area contributed by atoms with Gasteiger partial charge in [0.05, 0.1) is 35.8 Å². The molecule has 3 rings (SSSR count). The number of fused-ring (bicyclic) bond motifs is 1. The van der Waals surface area contributed by atoms with Crippen molar-refractivity contribution in [3.63, 3.8) is 0 Å². The fourth-order valence-corrected chi connectivity index (χ4v) is 5.63. The molecule has 36 heavy (non-hydrogen) atoms. The molecule has 0 saturated carbocycles. The molecule has 0 radical (unpaired) electrons. The second kappa shape index (κ2) is 11.6. The van der Waals surface area contributed by atoms with Crippen molar-refractivity contribution in [3.8, 4) is 0 Å². The van der Waals surface area contributed by atoms with Gasteiger partial charge in [-0.25, -0.2) is 4.79 Å². The zero-order valence-electron chi connectivity index (χ0n) is 20.1. The fourth-order valence-electron chi connectivity index (χ4n) is 3.99. The number of hydrogen-bond acceptors (Lipinski definition) is 6. The van der Waals surface area contributed by atoms with Crippen molar-refractivity contribution in [2.45, 2.75) is 39.3 Å². The number of anilines is 2. The molecule has 196 valence electrons. The smallest absolute Gasteiger partial charge is 0.417 e. The van der Waals surface area contributed by atoms with Crippen LogP contribution in [0.4, 0.5) is 23.9 Å². The van der Waals surface area contributed by atoms with E-state index in [1.807, 2.05) is 0 Å². The summed E-state index contributed by atoms with van der Waals surface area (Å²) in [5, 5.41) is 5.11. The summed E-state index contributed by atoms with van der Waals surface area (Å²) in [5.74, 6) is -1.04. The molecule has 0 fully saturated rings. The van der Waals surface area contributed by atoms with Crippen molar-refractivity contribution in [1.82, 2.24) is 4.90 Å². The van der Waals surface area contributed by atoms with Crippen molar-refractivity contribution in [1.29, 1.82) is 0 Å². The number of amides is 2. The number of halogens is 4. The molecule has 0 aliphatic heterocycles. The first-order chi connectivity index (χ1) is 16.9. The van der Waals surface area contributed by atoms with E-state index in [2.05, 4.69) is 17.6 Å². The number of ether oxygens (including phenoxy) is 1. The van der Waals surface area contributed by atoms with Crippen LogP contribution >= 0.6 is 22.9 Å². The molecule has 7 nitrogen and oxygen atoms in total. The van der Waals surface area contributed by atoms with Crippen LogP contribution in [-0.4, -0.2) is 49.4 Å². The maximum atomic E-state index is 13.0. The molecule has 0 saturated heterocycles. The molecule has 1 heterocycles. The van der Waals surface area contributed by atoms with E-state index in [9.17, 15) is 27.6 Å². The Morgan fingerprint density at radius 2 is 1.86 bits per heavy atom. The Morgan fingerprint density at radius 1 is 1.19 bits per heavy atom. The highest BCUT2D eigenvalue weighted by Gasteiger charge is 2.33. The molecule has 0 unspecified atom stereocenters. The molecule has 0 spiro atoms. The van der Waals surface area contributed by atoms with Crippen LogP contribution in [0.1, 0.15) is 46.6 Å². The van der Waals surface area contributed by atoms with E-state index < -0.39 is 34.5 Å². The number of alkyl halides is 3. The highest BCUT2D eigenvalue weighted by Crippen LogP contribution is 2.40. The largest absolute Gasteiger partial charge is 0.462 e. The third-order valence-electron chi connectivity index (χ3n) is 5.63. The van der Waals surface area contributed by atoms with Crippen LogP contribution in [0.2, 0.25) is 5.02 Å². The minimum atomic E-state index is -4.66. The topological polar surface area (TPSA) is 87.7 Å². The van der Waals surface area contributed by atoms with E-state index in [1.54, 1.807) is 6.92 Å². The number of hydrogen-bond donors (Lipinski definition) is 2. The quantitative estimate of drug-likeness (QED) is 0.443. The summed E-state index contributed by atoms with van der Waals surface area (Å²) in [6.45, 7) is 3.64. The molecular weight excluding hydrogens is 519 g/mol. The summed E-state index contributed by atoms with van der Waals surface area (Å²) in [5.41, 5.74) is 0.189. The minimum absolute atomic E-state index is 0.0629. The molecule has 12 heteroatoms. The summed E-state index contributed by atoms with van der Waals surface area (Å²) in [6, 6.07) is 3.07. The van der Waals surface area contributed by atoms with E-state index in [-0.39, 0.29) is 25.4 Å². The van der Waals surface area contributed by atoms with Gasteiger partial charge in [-0.2, -0.15) is 13.2 Å². The molecule has 1 aliphatic rings. The highest BCUT2D eigenvalue weighted by atomic mass is 35.5. The monoisotopic (exact) mass is 545 g/mol.